The summed E-state index contributed by atoms with van der Waals surface area (Å²) in [6, 6.07) is 4.25. The molecule has 22 heavy (non-hydrogen) atoms. The normalized spacial score (nSPS) is 19.7. The van der Waals surface area contributed by atoms with E-state index in [1.807, 2.05) is 0 Å². The third-order valence-electron chi connectivity index (χ3n) is 3.81. The molecule has 0 saturated carbocycles. The molecule has 0 bridgehead atoms. The number of benzene rings is 1. The molecule has 0 amide bonds. The van der Waals surface area contributed by atoms with Crippen LogP contribution in [0, 0.1) is 19.7 Å². The molecule has 1 aliphatic rings. The van der Waals surface area contributed by atoms with Gasteiger partial charge in [0.15, 0.2) is 5.82 Å². The number of rotatable bonds is 3. The van der Waals surface area contributed by atoms with Crippen molar-refractivity contribution in [2.24, 2.45) is 0 Å². The zero-order chi connectivity index (χ0) is 15.9. The Balaban J connectivity index is 1.89. The summed E-state index contributed by atoms with van der Waals surface area (Å²) < 4.78 is 45.7. The van der Waals surface area contributed by atoms with Crippen LogP contribution in [0.5, 0.6) is 0 Å². The molecule has 1 aromatic carbocycles. The average molecular weight is 325 g/mol. The SMILES string of the molecule is Cc1noc(C2CCN(S(=O)(=O)c3c(C)cccc3F)C2)n1. The minimum absolute atomic E-state index is 0.150. The van der Waals surface area contributed by atoms with Gasteiger partial charge in [-0.2, -0.15) is 9.29 Å². The summed E-state index contributed by atoms with van der Waals surface area (Å²) in [7, 11) is -3.87. The van der Waals surface area contributed by atoms with Gasteiger partial charge in [-0.25, -0.2) is 12.8 Å². The third-order valence-corrected chi connectivity index (χ3v) is 5.85. The molecule has 6 nitrogen and oxygen atoms in total. The fraction of sp³-hybridized carbons (Fsp3) is 0.429. The second-order valence-corrected chi connectivity index (χ2v) is 7.29. The summed E-state index contributed by atoms with van der Waals surface area (Å²) in [5.74, 6) is 0.0712. The highest BCUT2D eigenvalue weighted by atomic mass is 32.2. The number of nitrogens with zero attached hydrogens (tertiary/aromatic N) is 3. The van der Waals surface area contributed by atoms with Crippen LogP contribution in [0.4, 0.5) is 4.39 Å². The van der Waals surface area contributed by atoms with Gasteiger partial charge < -0.3 is 4.52 Å². The number of halogens is 1. The molecule has 8 heteroatoms. The van der Waals surface area contributed by atoms with Crippen molar-refractivity contribution in [3.63, 3.8) is 0 Å². The van der Waals surface area contributed by atoms with Gasteiger partial charge in [0.05, 0.1) is 5.92 Å². The van der Waals surface area contributed by atoms with E-state index in [4.69, 9.17) is 4.52 Å². The number of sulfonamides is 1. The molecular formula is C14H16FN3O3S. The summed E-state index contributed by atoms with van der Waals surface area (Å²) in [6.45, 7) is 3.82. The van der Waals surface area contributed by atoms with Gasteiger partial charge in [0.1, 0.15) is 10.7 Å². The van der Waals surface area contributed by atoms with Crippen LogP contribution in [0.3, 0.4) is 0 Å². The van der Waals surface area contributed by atoms with Crippen LogP contribution in [0.2, 0.25) is 0 Å². The Morgan fingerprint density at radius 2 is 2.14 bits per heavy atom. The highest BCUT2D eigenvalue weighted by molar-refractivity contribution is 7.89. The molecule has 0 spiro atoms. The Bertz CT molecular complexity index is 783. The minimum atomic E-state index is -3.87. The average Bonchev–Trinajstić information content (AvgIpc) is 3.06. The van der Waals surface area contributed by atoms with E-state index in [0.29, 0.717) is 30.2 Å². The van der Waals surface area contributed by atoms with Gasteiger partial charge >= 0.3 is 0 Å². The standard InChI is InChI=1S/C14H16FN3O3S/c1-9-4-3-5-12(15)13(9)22(19,20)18-7-6-11(8-18)14-16-10(2)17-21-14/h3-5,11H,6-8H2,1-2H3. The second-order valence-electron chi connectivity index (χ2n) is 5.41. The Morgan fingerprint density at radius 1 is 1.36 bits per heavy atom. The lowest BCUT2D eigenvalue weighted by Gasteiger charge is -2.18. The smallest absolute Gasteiger partial charge is 0.246 e. The number of aromatic nitrogens is 2. The van der Waals surface area contributed by atoms with Crippen LogP contribution in [-0.4, -0.2) is 36.0 Å². The molecule has 1 aliphatic heterocycles. The van der Waals surface area contributed by atoms with Gasteiger partial charge in [0.2, 0.25) is 15.9 Å². The van der Waals surface area contributed by atoms with Crippen molar-refractivity contribution in [3.05, 3.63) is 41.3 Å². The first-order chi connectivity index (χ1) is 10.4. The maximum atomic E-state index is 14.0. The fourth-order valence-corrected chi connectivity index (χ4v) is 4.47. The van der Waals surface area contributed by atoms with Crippen molar-refractivity contribution < 1.29 is 17.3 Å². The topological polar surface area (TPSA) is 76.3 Å². The molecule has 0 radical (unpaired) electrons. The highest BCUT2D eigenvalue weighted by Crippen LogP contribution is 2.32. The number of aryl methyl sites for hydroxylation is 2. The molecular weight excluding hydrogens is 309 g/mol. The summed E-state index contributed by atoms with van der Waals surface area (Å²) >= 11 is 0. The molecule has 2 heterocycles. The van der Waals surface area contributed by atoms with Gasteiger partial charge in [0, 0.05) is 13.1 Å². The lowest BCUT2D eigenvalue weighted by Crippen LogP contribution is -2.30. The van der Waals surface area contributed by atoms with E-state index >= 15 is 0 Å². The number of hydrogen-bond donors (Lipinski definition) is 0. The summed E-state index contributed by atoms with van der Waals surface area (Å²) in [5, 5.41) is 3.72. The highest BCUT2D eigenvalue weighted by Gasteiger charge is 2.37. The van der Waals surface area contributed by atoms with Crippen molar-refractivity contribution in [2.75, 3.05) is 13.1 Å². The molecule has 1 unspecified atom stereocenters. The Morgan fingerprint density at radius 3 is 2.77 bits per heavy atom. The summed E-state index contributed by atoms with van der Waals surface area (Å²) in [4.78, 5) is 3.89. The first-order valence-electron chi connectivity index (χ1n) is 6.95. The Kier molecular flexibility index (Phi) is 3.73. The van der Waals surface area contributed by atoms with Crippen molar-refractivity contribution in [2.45, 2.75) is 31.1 Å². The van der Waals surface area contributed by atoms with E-state index in [1.54, 1.807) is 19.9 Å². The molecule has 1 atom stereocenters. The molecule has 0 N–H and O–H groups in total. The van der Waals surface area contributed by atoms with Gasteiger partial charge in [-0.1, -0.05) is 17.3 Å². The van der Waals surface area contributed by atoms with Crippen LogP contribution in [0.25, 0.3) is 0 Å². The summed E-state index contributed by atoms with van der Waals surface area (Å²) in [6.07, 6.45) is 0.578. The first-order valence-corrected chi connectivity index (χ1v) is 8.39. The number of hydrogen-bond acceptors (Lipinski definition) is 5. The maximum absolute atomic E-state index is 14.0. The van der Waals surface area contributed by atoms with Crippen molar-refractivity contribution >= 4 is 10.0 Å². The minimum Gasteiger partial charge on any atom is -0.339 e. The largest absolute Gasteiger partial charge is 0.339 e. The maximum Gasteiger partial charge on any atom is 0.246 e. The molecule has 2 aromatic rings. The molecule has 1 aromatic heterocycles. The summed E-state index contributed by atoms with van der Waals surface area (Å²) in [5.41, 5.74) is 0.400. The lowest BCUT2D eigenvalue weighted by atomic mass is 10.1. The molecule has 118 valence electrons. The van der Waals surface area contributed by atoms with E-state index < -0.39 is 15.8 Å². The Labute approximate surface area is 128 Å². The van der Waals surface area contributed by atoms with Crippen LogP contribution < -0.4 is 0 Å². The predicted octanol–water partition coefficient (Wildman–Crippen LogP) is 2.00. The van der Waals surface area contributed by atoms with Crippen LogP contribution in [0.1, 0.15) is 29.6 Å². The van der Waals surface area contributed by atoms with Crippen molar-refractivity contribution in [1.29, 1.82) is 0 Å². The molecule has 1 fully saturated rings. The third kappa shape index (κ3) is 2.52. The van der Waals surface area contributed by atoms with E-state index in [-0.39, 0.29) is 17.4 Å². The Hall–Kier alpha value is -1.80. The quantitative estimate of drug-likeness (QED) is 0.863. The van der Waals surface area contributed by atoms with E-state index in [2.05, 4.69) is 10.1 Å². The van der Waals surface area contributed by atoms with E-state index in [0.717, 1.165) is 6.07 Å². The van der Waals surface area contributed by atoms with Gasteiger partial charge in [-0.15, -0.1) is 0 Å². The van der Waals surface area contributed by atoms with Gasteiger partial charge in [0.25, 0.3) is 0 Å². The van der Waals surface area contributed by atoms with Crippen LogP contribution >= 0.6 is 0 Å². The van der Waals surface area contributed by atoms with E-state index in [9.17, 15) is 12.8 Å². The molecule has 3 rings (SSSR count). The monoisotopic (exact) mass is 325 g/mol. The first kappa shape index (κ1) is 15.1. The molecule has 1 saturated heterocycles. The van der Waals surface area contributed by atoms with Crippen molar-refractivity contribution in [1.82, 2.24) is 14.4 Å². The zero-order valence-electron chi connectivity index (χ0n) is 12.3. The van der Waals surface area contributed by atoms with E-state index in [1.165, 1.54) is 10.4 Å². The predicted molar refractivity (Wildman–Crippen MR) is 76.3 cm³/mol. The molecule has 0 aliphatic carbocycles. The fourth-order valence-electron chi connectivity index (χ4n) is 2.70. The second kappa shape index (κ2) is 5.44. The van der Waals surface area contributed by atoms with Gasteiger partial charge in [-0.05, 0) is 31.9 Å². The van der Waals surface area contributed by atoms with Crippen LogP contribution in [-0.2, 0) is 10.0 Å². The van der Waals surface area contributed by atoms with Gasteiger partial charge in [-0.3, -0.25) is 0 Å². The lowest BCUT2D eigenvalue weighted by molar-refractivity contribution is 0.351. The zero-order valence-corrected chi connectivity index (χ0v) is 13.1. The van der Waals surface area contributed by atoms with Crippen molar-refractivity contribution in [3.8, 4) is 0 Å². The van der Waals surface area contributed by atoms with Crippen LogP contribution in [0.15, 0.2) is 27.6 Å².